The van der Waals surface area contributed by atoms with Crippen molar-refractivity contribution in [1.29, 1.82) is 0 Å². The second kappa shape index (κ2) is 7.38. The number of aliphatic hydroxyl groups is 1. The van der Waals surface area contributed by atoms with Gasteiger partial charge in [0.1, 0.15) is 17.3 Å². The molecule has 2 N–H and O–H groups in total. The number of aliphatic hydroxyl groups excluding tert-OH is 1. The van der Waals surface area contributed by atoms with Gasteiger partial charge in [-0.05, 0) is 57.0 Å². The van der Waals surface area contributed by atoms with Crippen molar-refractivity contribution in [3.63, 3.8) is 0 Å². The lowest BCUT2D eigenvalue weighted by Gasteiger charge is -2.13. The Morgan fingerprint density at radius 1 is 1.25 bits per heavy atom. The van der Waals surface area contributed by atoms with Crippen molar-refractivity contribution in [2.24, 2.45) is 0 Å². The van der Waals surface area contributed by atoms with E-state index in [1.54, 1.807) is 39.0 Å². The van der Waals surface area contributed by atoms with Crippen LogP contribution in [0.1, 0.15) is 35.2 Å². The van der Waals surface area contributed by atoms with Crippen LogP contribution >= 0.6 is 0 Å². The van der Waals surface area contributed by atoms with Crippen LogP contribution in [0.5, 0.6) is 5.75 Å². The molecule has 1 aromatic heterocycles. The van der Waals surface area contributed by atoms with Crippen LogP contribution in [-0.2, 0) is 10.0 Å². The molecule has 2 rings (SSSR count). The summed E-state index contributed by atoms with van der Waals surface area (Å²) in [4.78, 5) is 0.202. The van der Waals surface area contributed by atoms with Gasteiger partial charge in [-0.1, -0.05) is 0 Å². The molecular formula is C17H23NO5S. The summed E-state index contributed by atoms with van der Waals surface area (Å²) in [5.74, 6) is 1.97. The van der Waals surface area contributed by atoms with E-state index < -0.39 is 16.1 Å². The summed E-state index contributed by atoms with van der Waals surface area (Å²) < 4.78 is 37.8. The Kier molecular flexibility index (Phi) is 5.69. The van der Waals surface area contributed by atoms with Crippen molar-refractivity contribution in [3.05, 3.63) is 46.9 Å². The molecule has 132 valence electrons. The SMILES string of the molecule is COc1ccc(S(=O)(=O)NCC[C@@H](O)c2cc(C)oc2C)c(C)c1. The summed E-state index contributed by atoms with van der Waals surface area (Å²) in [5.41, 5.74) is 1.29. The van der Waals surface area contributed by atoms with E-state index in [0.29, 0.717) is 22.6 Å². The first kappa shape index (κ1) is 18.5. The topological polar surface area (TPSA) is 88.8 Å². The van der Waals surface area contributed by atoms with E-state index in [1.807, 2.05) is 0 Å². The summed E-state index contributed by atoms with van der Waals surface area (Å²) in [6, 6.07) is 6.55. The van der Waals surface area contributed by atoms with Gasteiger partial charge in [0.25, 0.3) is 0 Å². The van der Waals surface area contributed by atoms with E-state index >= 15 is 0 Å². The molecule has 0 bridgehead atoms. The molecule has 6 nitrogen and oxygen atoms in total. The van der Waals surface area contributed by atoms with Crippen molar-refractivity contribution in [2.45, 2.75) is 38.2 Å². The van der Waals surface area contributed by atoms with E-state index in [2.05, 4.69) is 4.72 Å². The highest BCUT2D eigenvalue weighted by Gasteiger charge is 2.19. The van der Waals surface area contributed by atoms with Gasteiger partial charge in [-0.25, -0.2) is 13.1 Å². The maximum Gasteiger partial charge on any atom is 0.240 e. The number of hydrogen-bond acceptors (Lipinski definition) is 5. The number of benzene rings is 1. The van der Waals surface area contributed by atoms with Crippen LogP contribution in [0.2, 0.25) is 0 Å². The number of rotatable bonds is 7. The van der Waals surface area contributed by atoms with Crippen LogP contribution in [0.15, 0.2) is 33.6 Å². The minimum Gasteiger partial charge on any atom is -0.497 e. The highest BCUT2D eigenvalue weighted by atomic mass is 32.2. The molecule has 0 fully saturated rings. The van der Waals surface area contributed by atoms with Gasteiger partial charge in [0, 0.05) is 12.1 Å². The van der Waals surface area contributed by atoms with Crippen LogP contribution in [-0.4, -0.2) is 27.2 Å². The molecule has 7 heteroatoms. The molecule has 0 aliphatic carbocycles. The quantitative estimate of drug-likeness (QED) is 0.799. The third kappa shape index (κ3) is 4.17. The van der Waals surface area contributed by atoms with Crippen LogP contribution < -0.4 is 9.46 Å². The van der Waals surface area contributed by atoms with Crippen molar-refractivity contribution < 1.29 is 22.7 Å². The van der Waals surface area contributed by atoms with E-state index in [-0.39, 0.29) is 17.9 Å². The summed E-state index contributed by atoms with van der Waals surface area (Å²) in [7, 11) is -2.11. The first-order chi connectivity index (χ1) is 11.2. The second-order valence-corrected chi connectivity index (χ2v) is 7.44. The molecule has 1 heterocycles. The van der Waals surface area contributed by atoms with Crippen LogP contribution in [0.4, 0.5) is 0 Å². The average molecular weight is 353 g/mol. The zero-order valence-corrected chi connectivity index (χ0v) is 15.1. The highest BCUT2D eigenvalue weighted by molar-refractivity contribution is 7.89. The molecule has 0 saturated heterocycles. The zero-order chi connectivity index (χ0) is 17.9. The minimum absolute atomic E-state index is 0.124. The number of nitrogens with one attached hydrogen (secondary N) is 1. The standard InChI is InChI=1S/C17H23NO5S/c1-11-9-14(22-4)5-6-17(11)24(20,21)18-8-7-16(19)15-10-12(2)23-13(15)3/h5-6,9-10,16,18-19H,7-8H2,1-4H3/t16-/m1/s1. The summed E-state index contributed by atoms with van der Waals surface area (Å²) in [5, 5.41) is 10.2. The summed E-state index contributed by atoms with van der Waals surface area (Å²) in [6.45, 7) is 5.41. The number of sulfonamides is 1. The molecular weight excluding hydrogens is 330 g/mol. The monoisotopic (exact) mass is 353 g/mol. The molecule has 0 aliphatic heterocycles. The van der Waals surface area contributed by atoms with E-state index in [0.717, 1.165) is 5.76 Å². The fraction of sp³-hybridized carbons (Fsp3) is 0.412. The molecule has 0 aliphatic rings. The smallest absolute Gasteiger partial charge is 0.240 e. The molecule has 0 amide bonds. The Labute approximate surface area is 142 Å². The predicted octanol–water partition coefficient (Wildman–Crippen LogP) is 2.62. The highest BCUT2D eigenvalue weighted by Crippen LogP contribution is 2.24. The van der Waals surface area contributed by atoms with Gasteiger partial charge in [-0.3, -0.25) is 0 Å². The number of aryl methyl sites for hydroxylation is 3. The fourth-order valence-electron chi connectivity index (χ4n) is 2.59. The van der Waals surface area contributed by atoms with E-state index in [4.69, 9.17) is 9.15 Å². The Hall–Kier alpha value is -1.83. The Morgan fingerprint density at radius 3 is 2.50 bits per heavy atom. The van der Waals surface area contributed by atoms with Gasteiger partial charge in [0.05, 0.1) is 18.1 Å². The van der Waals surface area contributed by atoms with Crippen molar-refractivity contribution in [3.8, 4) is 5.75 Å². The zero-order valence-electron chi connectivity index (χ0n) is 14.3. The van der Waals surface area contributed by atoms with E-state index in [9.17, 15) is 13.5 Å². The molecule has 1 atom stereocenters. The Balaban J connectivity index is 2.01. The lowest BCUT2D eigenvalue weighted by molar-refractivity contribution is 0.167. The van der Waals surface area contributed by atoms with E-state index in [1.165, 1.54) is 13.2 Å². The van der Waals surface area contributed by atoms with Crippen molar-refractivity contribution in [2.75, 3.05) is 13.7 Å². The third-order valence-corrected chi connectivity index (χ3v) is 5.44. The van der Waals surface area contributed by atoms with Gasteiger partial charge in [-0.2, -0.15) is 0 Å². The number of furan rings is 1. The average Bonchev–Trinajstić information content (AvgIpc) is 2.85. The predicted molar refractivity (Wildman–Crippen MR) is 90.7 cm³/mol. The molecule has 0 saturated carbocycles. The molecule has 0 radical (unpaired) electrons. The van der Waals surface area contributed by atoms with Gasteiger partial charge in [0.2, 0.25) is 10.0 Å². The first-order valence-corrected chi connectivity index (χ1v) is 9.12. The minimum atomic E-state index is -3.64. The summed E-state index contributed by atoms with van der Waals surface area (Å²) >= 11 is 0. The molecule has 1 aromatic carbocycles. The van der Waals surface area contributed by atoms with Gasteiger partial charge >= 0.3 is 0 Å². The maximum atomic E-state index is 12.4. The van der Waals surface area contributed by atoms with Crippen LogP contribution in [0.3, 0.4) is 0 Å². The number of ether oxygens (including phenoxy) is 1. The van der Waals surface area contributed by atoms with Crippen molar-refractivity contribution >= 4 is 10.0 Å². The Morgan fingerprint density at radius 2 is 1.96 bits per heavy atom. The maximum absolute atomic E-state index is 12.4. The van der Waals surface area contributed by atoms with Gasteiger partial charge < -0.3 is 14.3 Å². The number of methoxy groups -OCH3 is 1. The largest absolute Gasteiger partial charge is 0.497 e. The number of hydrogen-bond donors (Lipinski definition) is 2. The second-order valence-electron chi connectivity index (χ2n) is 5.70. The normalized spacial score (nSPS) is 13.0. The fourth-order valence-corrected chi connectivity index (χ4v) is 3.87. The Bertz CT molecular complexity index is 810. The molecule has 2 aromatic rings. The first-order valence-electron chi connectivity index (χ1n) is 7.64. The molecule has 24 heavy (non-hydrogen) atoms. The molecule has 0 unspecified atom stereocenters. The third-order valence-electron chi connectivity index (χ3n) is 3.82. The summed E-state index contributed by atoms with van der Waals surface area (Å²) in [6.07, 6.45) is -0.518. The molecule has 0 spiro atoms. The lowest BCUT2D eigenvalue weighted by Crippen LogP contribution is -2.26. The van der Waals surface area contributed by atoms with Crippen LogP contribution in [0, 0.1) is 20.8 Å². The van der Waals surface area contributed by atoms with Crippen molar-refractivity contribution in [1.82, 2.24) is 4.72 Å². The van der Waals surface area contributed by atoms with Gasteiger partial charge in [-0.15, -0.1) is 0 Å². The van der Waals surface area contributed by atoms with Gasteiger partial charge in [0.15, 0.2) is 0 Å². The van der Waals surface area contributed by atoms with Crippen LogP contribution in [0.25, 0.3) is 0 Å². The lowest BCUT2D eigenvalue weighted by atomic mass is 10.1.